The Hall–Kier alpha value is -1.91. The highest BCUT2D eigenvalue weighted by atomic mass is 16.2. The van der Waals surface area contributed by atoms with Crippen LogP contribution in [-0.4, -0.2) is 29.9 Å². The Morgan fingerprint density at radius 2 is 2.06 bits per heavy atom. The summed E-state index contributed by atoms with van der Waals surface area (Å²) >= 11 is 0. The minimum absolute atomic E-state index is 0.0710. The maximum absolute atomic E-state index is 11.4. The number of carbonyl (C=O) groups excluding carboxylic acids is 2. The maximum atomic E-state index is 11.4. The predicted octanol–water partition coefficient (Wildman–Crippen LogP) is -0.124. The predicted molar refractivity (Wildman–Crippen MR) is 59.6 cm³/mol. The molecule has 16 heavy (non-hydrogen) atoms. The molecular weight excluding hydrogens is 206 g/mol. The second-order valence-corrected chi connectivity index (χ2v) is 3.37. The van der Waals surface area contributed by atoms with Crippen LogP contribution in [0.3, 0.4) is 0 Å². The number of pyridine rings is 1. The summed E-state index contributed by atoms with van der Waals surface area (Å²) in [5, 5.41) is 5.30. The first-order chi connectivity index (χ1) is 7.68. The molecule has 5 nitrogen and oxygen atoms in total. The number of aromatic nitrogens is 1. The van der Waals surface area contributed by atoms with E-state index < -0.39 is 0 Å². The Labute approximate surface area is 94.3 Å². The molecule has 0 unspecified atom stereocenters. The molecule has 1 aromatic rings. The van der Waals surface area contributed by atoms with Crippen molar-refractivity contribution < 1.29 is 9.59 Å². The first-order valence-corrected chi connectivity index (χ1v) is 5.08. The van der Waals surface area contributed by atoms with E-state index >= 15 is 0 Å². The van der Waals surface area contributed by atoms with E-state index in [1.807, 2.05) is 6.07 Å². The standard InChI is InChI=1S/C11H15N3O2/c1-9(15)13-5-6-14-11(16)7-10-3-2-4-12-8-10/h2-4,8H,5-7H2,1H3,(H,13,15)(H,14,16). The largest absolute Gasteiger partial charge is 0.355 e. The summed E-state index contributed by atoms with van der Waals surface area (Å²) < 4.78 is 0. The minimum atomic E-state index is -0.0958. The van der Waals surface area contributed by atoms with Crippen LogP contribution in [0.5, 0.6) is 0 Å². The van der Waals surface area contributed by atoms with Gasteiger partial charge in [-0.1, -0.05) is 6.07 Å². The molecule has 0 atom stereocenters. The Morgan fingerprint density at radius 3 is 2.69 bits per heavy atom. The molecule has 1 rings (SSSR count). The lowest BCUT2D eigenvalue weighted by Crippen LogP contribution is -2.34. The third-order valence-electron chi connectivity index (χ3n) is 1.91. The minimum Gasteiger partial charge on any atom is -0.355 e. The van der Waals surface area contributed by atoms with E-state index in [-0.39, 0.29) is 11.8 Å². The monoisotopic (exact) mass is 221 g/mol. The molecule has 0 radical (unpaired) electrons. The van der Waals surface area contributed by atoms with Crippen molar-refractivity contribution in [3.8, 4) is 0 Å². The second kappa shape index (κ2) is 6.55. The number of hydrogen-bond donors (Lipinski definition) is 2. The van der Waals surface area contributed by atoms with Crippen molar-refractivity contribution in [3.63, 3.8) is 0 Å². The summed E-state index contributed by atoms with van der Waals surface area (Å²) in [6.07, 6.45) is 3.64. The van der Waals surface area contributed by atoms with Gasteiger partial charge in [0.1, 0.15) is 0 Å². The smallest absolute Gasteiger partial charge is 0.224 e. The number of nitrogens with zero attached hydrogens (tertiary/aromatic N) is 1. The first-order valence-electron chi connectivity index (χ1n) is 5.08. The quantitative estimate of drug-likeness (QED) is 0.681. The van der Waals surface area contributed by atoms with Crippen LogP contribution in [0.2, 0.25) is 0 Å². The number of rotatable bonds is 5. The molecule has 2 N–H and O–H groups in total. The van der Waals surface area contributed by atoms with E-state index in [0.717, 1.165) is 5.56 Å². The Bertz CT molecular complexity index is 352. The lowest BCUT2D eigenvalue weighted by atomic mass is 10.2. The van der Waals surface area contributed by atoms with Crippen LogP contribution in [0.4, 0.5) is 0 Å². The molecule has 0 bridgehead atoms. The highest BCUT2D eigenvalue weighted by Gasteiger charge is 2.02. The number of carbonyl (C=O) groups is 2. The van der Waals surface area contributed by atoms with Gasteiger partial charge < -0.3 is 10.6 Å². The molecule has 0 saturated carbocycles. The van der Waals surface area contributed by atoms with E-state index in [4.69, 9.17) is 0 Å². The van der Waals surface area contributed by atoms with Crippen molar-refractivity contribution in [2.75, 3.05) is 13.1 Å². The molecule has 0 aliphatic carbocycles. The van der Waals surface area contributed by atoms with E-state index in [9.17, 15) is 9.59 Å². The number of amides is 2. The summed E-state index contributed by atoms with van der Waals surface area (Å²) in [6, 6.07) is 3.64. The summed E-state index contributed by atoms with van der Waals surface area (Å²) in [4.78, 5) is 25.9. The molecule has 86 valence electrons. The van der Waals surface area contributed by atoms with E-state index in [1.165, 1.54) is 6.92 Å². The molecular formula is C11H15N3O2. The fourth-order valence-electron chi connectivity index (χ4n) is 1.19. The molecule has 1 aromatic heterocycles. The average molecular weight is 221 g/mol. The maximum Gasteiger partial charge on any atom is 0.224 e. The Balaban J connectivity index is 2.19. The number of hydrogen-bond acceptors (Lipinski definition) is 3. The highest BCUT2D eigenvalue weighted by Crippen LogP contribution is 1.95. The van der Waals surface area contributed by atoms with E-state index in [1.54, 1.807) is 18.5 Å². The summed E-state index contributed by atoms with van der Waals surface area (Å²) in [6.45, 7) is 2.34. The summed E-state index contributed by atoms with van der Waals surface area (Å²) in [7, 11) is 0. The van der Waals surface area contributed by atoms with Crippen molar-refractivity contribution in [3.05, 3.63) is 30.1 Å². The van der Waals surface area contributed by atoms with Gasteiger partial charge in [-0.3, -0.25) is 14.6 Å². The van der Waals surface area contributed by atoms with Gasteiger partial charge in [-0.15, -0.1) is 0 Å². The Kier molecular flexibility index (Phi) is 4.98. The van der Waals surface area contributed by atoms with Gasteiger partial charge in [-0.25, -0.2) is 0 Å². The average Bonchev–Trinajstić information content (AvgIpc) is 2.25. The van der Waals surface area contributed by atoms with Crippen molar-refractivity contribution in [2.24, 2.45) is 0 Å². The molecule has 2 amide bonds. The molecule has 5 heteroatoms. The van der Waals surface area contributed by atoms with E-state index in [2.05, 4.69) is 15.6 Å². The number of nitrogens with one attached hydrogen (secondary N) is 2. The van der Waals surface area contributed by atoms with Gasteiger partial charge in [0.05, 0.1) is 6.42 Å². The lowest BCUT2D eigenvalue weighted by Gasteiger charge is -2.05. The van der Waals surface area contributed by atoms with Crippen molar-refractivity contribution >= 4 is 11.8 Å². The molecule has 1 heterocycles. The van der Waals surface area contributed by atoms with Crippen LogP contribution in [0.1, 0.15) is 12.5 Å². The van der Waals surface area contributed by atoms with Gasteiger partial charge in [0.15, 0.2) is 0 Å². The van der Waals surface area contributed by atoms with Crippen molar-refractivity contribution in [2.45, 2.75) is 13.3 Å². The first kappa shape index (κ1) is 12.2. The third kappa shape index (κ3) is 5.09. The normalized spacial score (nSPS) is 9.56. The second-order valence-electron chi connectivity index (χ2n) is 3.37. The lowest BCUT2D eigenvalue weighted by molar-refractivity contribution is -0.121. The van der Waals surface area contributed by atoms with Gasteiger partial charge in [-0.05, 0) is 11.6 Å². The molecule has 0 aliphatic rings. The van der Waals surface area contributed by atoms with Gasteiger partial charge in [-0.2, -0.15) is 0 Å². The van der Waals surface area contributed by atoms with Crippen LogP contribution in [0.25, 0.3) is 0 Å². The topological polar surface area (TPSA) is 71.1 Å². The molecule has 0 aromatic carbocycles. The third-order valence-corrected chi connectivity index (χ3v) is 1.91. The highest BCUT2D eigenvalue weighted by molar-refractivity contribution is 5.78. The summed E-state index contributed by atoms with van der Waals surface area (Å²) in [5.74, 6) is -0.167. The molecule has 0 fully saturated rings. The van der Waals surface area contributed by atoms with Gasteiger partial charge in [0, 0.05) is 32.4 Å². The van der Waals surface area contributed by atoms with Crippen LogP contribution >= 0.6 is 0 Å². The van der Waals surface area contributed by atoms with Gasteiger partial charge >= 0.3 is 0 Å². The van der Waals surface area contributed by atoms with Crippen LogP contribution in [-0.2, 0) is 16.0 Å². The fraction of sp³-hybridized carbons (Fsp3) is 0.364. The van der Waals surface area contributed by atoms with Crippen LogP contribution in [0.15, 0.2) is 24.5 Å². The van der Waals surface area contributed by atoms with Crippen LogP contribution in [0, 0.1) is 0 Å². The van der Waals surface area contributed by atoms with E-state index in [0.29, 0.717) is 19.5 Å². The van der Waals surface area contributed by atoms with Crippen molar-refractivity contribution in [1.29, 1.82) is 0 Å². The Morgan fingerprint density at radius 1 is 1.31 bits per heavy atom. The molecule has 0 spiro atoms. The van der Waals surface area contributed by atoms with Gasteiger partial charge in [0.25, 0.3) is 0 Å². The zero-order valence-electron chi connectivity index (χ0n) is 9.19. The molecule has 0 aliphatic heterocycles. The van der Waals surface area contributed by atoms with Crippen molar-refractivity contribution in [1.82, 2.24) is 15.6 Å². The zero-order valence-corrected chi connectivity index (χ0v) is 9.19. The summed E-state index contributed by atoms with van der Waals surface area (Å²) in [5.41, 5.74) is 0.875. The zero-order chi connectivity index (χ0) is 11.8. The molecule has 0 saturated heterocycles. The van der Waals surface area contributed by atoms with Crippen LogP contribution < -0.4 is 10.6 Å². The fourth-order valence-corrected chi connectivity index (χ4v) is 1.19. The van der Waals surface area contributed by atoms with Gasteiger partial charge in [0.2, 0.25) is 11.8 Å². The SMILES string of the molecule is CC(=O)NCCNC(=O)Cc1cccnc1.